The molecule has 80 valence electrons. The molecule has 0 aromatic carbocycles. The Labute approximate surface area is 87.9 Å². The number of allylic oxidation sites excluding steroid dienone is 1. The van der Waals surface area contributed by atoms with Crippen LogP contribution in [0.15, 0.2) is 24.4 Å². The van der Waals surface area contributed by atoms with Crippen LogP contribution >= 0.6 is 0 Å². The van der Waals surface area contributed by atoms with Gasteiger partial charge >= 0.3 is 0 Å². The van der Waals surface area contributed by atoms with Gasteiger partial charge in [0.15, 0.2) is 0 Å². The fourth-order valence-corrected chi connectivity index (χ4v) is 1.70. The lowest BCUT2D eigenvalue weighted by molar-refractivity contribution is 0.422. The van der Waals surface area contributed by atoms with E-state index in [4.69, 9.17) is 0 Å². The van der Waals surface area contributed by atoms with E-state index in [9.17, 15) is 0 Å². The molecule has 1 atom stereocenters. The van der Waals surface area contributed by atoms with Crippen LogP contribution in [0.25, 0.3) is 0 Å². The average Bonchev–Trinajstić information content (AvgIpc) is 2.51. The van der Waals surface area contributed by atoms with Crippen LogP contribution in [0.2, 0.25) is 0 Å². The third kappa shape index (κ3) is 3.54. The number of hydrogen-bond donors (Lipinski definition) is 0. The first-order valence-corrected chi connectivity index (χ1v) is 5.34. The summed E-state index contributed by atoms with van der Waals surface area (Å²) < 4.78 is 0. The molecule has 1 fully saturated rings. The third-order valence-electron chi connectivity index (χ3n) is 2.61. The van der Waals surface area contributed by atoms with Crippen molar-refractivity contribution in [3.63, 3.8) is 0 Å². The van der Waals surface area contributed by atoms with E-state index in [1.54, 1.807) is 0 Å². The van der Waals surface area contributed by atoms with Gasteiger partial charge in [0, 0.05) is 25.3 Å². The molecular formula is C12H22N2. The van der Waals surface area contributed by atoms with E-state index >= 15 is 0 Å². The predicted molar refractivity (Wildman–Crippen MR) is 62.2 cm³/mol. The summed E-state index contributed by atoms with van der Waals surface area (Å²) in [4.78, 5) is 4.52. The first kappa shape index (κ1) is 11.3. The van der Waals surface area contributed by atoms with E-state index in [0.717, 1.165) is 18.2 Å². The van der Waals surface area contributed by atoms with Gasteiger partial charge in [0.05, 0.1) is 0 Å². The molecule has 0 radical (unpaired) electrons. The summed E-state index contributed by atoms with van der Waals surface area (Å²) >= 11 is 0. The minimum absolute atomic E-state index is 0.828. The van der Waals surface area contributed by atoms with Crippen LogP contribution in [0.5, 0.6) is 0 Å². The Kier molecular flexibility index (Phi) is 4.21. The number of nitrogens with zero attached hydrogens (tertiary/aromatic N) is 2. The summed E-state index contributed by atoms with van der Waals surface area (Å²) in [6.07, 6.45) is 5.61. The molecule has 0 aromatic heterocycles. The van der Waals surface area contributed by atoms with E-state index in [0.29, 0.717) is 0 Å². The summed E-state index contributed by atoms with van der Waals surface area (Å²) in [7, 11) is 4.15. The van der Waals surface area contributed by atoms with Crippen LogP contribution in [-0.4, -0.2) is 43.5 Å². The van der Waals surface area contributed by atoms with Crippen LogP contribution in [0.3, 0.4) is 0 Å². The largest absolute Gasteiger partial charge is 0.372 e. The quantitative estimate of drug-likeness (QED) is 0.631. The summed E-state index contributed by atoms with van der Waals surface area (Å²) in [5, 5.41) is 0. The molecule has 0 unspecified atom stereocenters. The number of hydrogen-bond acceptors (Lipinski definition) is 2. The van der Waals surface area contributed by atoms with Gasteiger partial charge < -0.3 is 9.80 Å². The number of rotatable bonds is 4. The maximum atomic E-state index is 4.09. The van der Waals surface area contributed by atoms with Gasteiger partial charge in [-0.25, -0.2) is 0 Å². The predicted octanol–water partition coefficient (Wildman–Crippen LogP) is 1.96. The second kappa shape index (κ2) is 5.20. The van der Waals surface area contributed by atoms with Crippen molar-refractivity contribution in [1.82, 2.24) is 9.80 Å². The highest BCUT2D eigenvalue weighted by molar-refractivity contribution is 5.14. The Morgan fingerprint density at radius 2 is 2.29 bits per heavy atom. The Bertz CT molecular complexity index is 218. The normalized spacial score (nSPS) is 22.6. The van der Waals surface area contributed by atoms with Gasteiger partial charge in [0.1, 0.15) is 0 Å². The van der Waals surface area contributed by atoms with Crippen LogP contribution in [0, 0.1) is 5.92 Å². The topological polar surface area (TPSA) is 6.48 Å². The van der Waals surface area contributed by atoms with Crippen molar-refractivity contribution in [3.8, 4) is 0 Å². The monoisotopic (exact) mass is 194 g/mol. The summed E-state index contributed by atoms with van der Waals surface area (Å²) in [5.41, 5.74) is 1.16. The highest BCUT2D eigenvalue weighted by atomic mass is 15.2. The molecule has 1 saturated heterocycles. The van der Waals surface area contributed by atoms with Crippen molar-refractivity contribution in [2.75, 3.05) is 33.7 Å². The first-order chi connectivity index (χ1) is 6.59. The van der Waals surface area contributed by atoms with Crippen LogP contribution in [-0.2, 0) is 0 Å². The Hall–Kier alpha value is -0.760. The lowest BCUT2D eigenvalue weighted by atomic mass is 10.2. The molecule has 1 heterocycles. The fourth-order valence-electron chi connectivity index (χ4n) is 1.70. The summed E-state index contributed by atoms with van der Waals surface area (Å²) in [5.74, 6) is 0.828. The van der Waals surface area contributed by atoms with Crippen molar-refractivity contribution >= 4 is 0 Å². The highest BCUT2D eigenvalue weighted by Crippen LogP contribution is 2.19. The van der Waals surface area contributed by atoms with Gasteiger partial charge in [-0.3, -0.25) is 0 Å². The average molecular weight is 194 g/mol. The fraction of sp³-hybridized carbons (Fsp3) is 0.667. The minimum Gasteiger partial charge on any atom is -0.372 e. The molecule has 2 nitrogen and oxygen atoms in total. The molecule has 0 aliphatic carbocycles. The maximum absolute atomic E-state index is 4.09. The molecule has 0 aromatic rings. The molecule has 0 saturated carbocycles. The standard InChI is InChI=1S/C12H22N2/c1-11-7-9-14(10-11)12(2)6-5-8-13(3)4/h5-6,11H,2,7-10H2,1,3-4H3/b6-5+/t11-/m1/s1. The van der Waals surface area contributed by atoms with Gasteiger partial charge in [-0.2, -0.15) is 0 Å². The maximum Gasteiger partial charge on any atom is 0.0290 e. The van der Waals surface area contributed by atoms with Gasteiger partial charge in [0.2, 0.25) is 0 Å². The number of likely N-dealkylation sites (tertiary alicyclic amines) is 1. The molecule has 1 aliphatic heterocycles. The van der Waals surface area contributed by atoms with Crippen molar-refractivity contribution in [1.29, 1.82) is 0 Å². The van der Waals surface area contributed by atoms with E-state index in [1.165, 1.54) is 19.5 Å². The van der Waals surface area contributed by atoms with Gasteiger partial charge in [-0.15, -0.1) is 0 Å². The van der Waals surface area contributed by atoms with Crippen LogP contribution in [0.4, 0.5) is 0 Å². The Morgan fingerprint density at radius 3 is 2.79 bits per heavy atom. The van der Waals surface area contributed by atoms with E-state index in [1.807, 2.05) is 0 Å². The van der Waals surface area contributed by atoms with Crippen molar-refractivity contribution in [2.24, 2.45) is 5.92 Å². The summed E-state index contributed by atoms with van der Waals surface area (Å²) in [6, 6.07) is 0. The lowest BCUT2D eigenvalue weighted by Crippen LogP contribution is -2.18. The Morgan fingerprint density at radius 1 is 1.57 bits per heavy atom. The molecule has 0 bridgehead atoms. The highest BCUT2D eigenvalue weighted by Gasteiger charge is 2.17. The molecule has 0 N–H and O–H groups in total. The van der Waals surface area contributed by atoms with Crippen molar-refractivity contribution < 1.29 is 0 Å². The van der Waals surface area contributed by atoms with Crippen molar-refractivity contribution in [3.05, 3.63) is 24.4 Å². The molecule has 2 heteroatoms. The number of likely N-dealkylation sites (N-methyl/N-ethyl adjacent to an activating group) is 1. The molecule has 1 aliphatic rings. The van der Waals surface area contributed by atoms with Crippen LogP contribution in [0.1, 0.15) is 13.3 Å². The Balaban J connectivity index is 2.31. The summed E-state index contributed by atoms with van der Waals surface area (Å²) in [6.45, 7) is 9.72. The minimum atomic E-state index is 0.828. The molecule has 14 heavy (non-hydrogen) atoms. The first-order valence-electron chi connectivity index (χ1n) is 5.34. The zero-order valence-electron chi connectivity index (χ0n) is 9.66. The smallest absolute Gasteiger partial charge is 0.0290 e. The SMILES string of the molecule is C=C(/C=C/CN(C)C)N1CC[C@@H](C)C1. The van der Waals surface area contributed by atoms with E-state index < -0.39 is 0 Å². The van der Waals surface area contributed by atoms with Gasteiger partial charge in [0.25, 0.3) is 0 Å². The van der Waals surface area contributed by atoms with Gasteiger partial charge in [-0.05, 0) is 32.5 Å². The van der Waals surface area contributed by atoms with Gasteiger partial charge in [-0.1, -0.05) is 19.6 Å². The molecule has 0 amide bonds. The van der Waals surface area contributed by atoms with Crippen molar-refractivity contribution in [2.45, 2.75) is 13.3 Å². The zero-order chi connectivity index (χ0) is 10.6. The second-order valence-electron chi connectivity index (χ2n) is 4.50. The molecule has 0 spiro atoms. The van der Waals surface area contributed by atoms with Crippen LogP contribution < -0.4 is 0 Å². The molecule has 1 rings (SSSR count). The molecular weight excluding hydrogens is 172 g/mol. The van der Waals surface area contributed by atoms with E-state index in [2.05, 4.69) is 49.5 Å². The zero-order valence-corrected chi connectivity index (χ0v) is 9.66. The third-order valence-corrected chi connectivity index (χ3v) is 2.61. The van der Waals surface area contributed by atoms with E-state index in [-0.39, 0.29) is 0 Å². The second-order valence-corrected chi connectivity index (χ2v) is 4.50. The lowest BCUT2D eigenvalue weighted by Gasteiger charge is -2.18.